The Morgan fingerprint density at radius 3 is 2.70 bits per heavy atom. The van der Waals surface area contributed by atoms with Crippen LogP contribution in [0.1, 0.15) is 30.4 Å². The van der Waals surface area contributed by atoms with Crippen LogP contribution in [0.15, 0.2) is 6.20 Å². The minimum Gasteiger partial charge on any atom is -0.464 e. The van der Waals surface area contributed by atoms with Crippen LogP contribution in [0.5, 0.6) is 0 Å². The molecule has 1 heterocycles. The number of hydrogen-bond acceptors (Lipinski definition) is 6. The molecule has 9 heteroatoms. The van der Waals surface area contributed by atoms with Gasteiger partial charge in [0.2, 0.25) is 0 Å². The normalized spacial score (nSPS) is 11.6. The number of anilines is 1. The molecule has 0 spiro atoms. The number of aromatic nitrogens is 2. The highest BCUT2D eigenvalue weighted by Crippen LogP contribution is 2.14. The maximum Gasteiger partial charge on any atom is 0.360 e. The van der Waals surface area contributed by atoms with E-state index in [0.717, 1.165) is 0 Å². The van der Waals surface area contributed by atoms with Gasteiger partial charge in [-0.1, -0.05) is 0 Å². The Balaban J connectivity index is 2.82. The fraction of sp³-hybridized carbons (Fsp3) is 0.455. The van der Waals surface area contributed by atoms with Crippen molar-refractivity contribution >= 4 is 23.6 Å². The van der Waals surface area contributed by atoms with Gasteiger partial charge < -0.3 is 15.8 Å². The molecule has 0 saturated heterocycles. The number of amides is 3. The minimum atomic E-state index is -0.807. The average molecular weight is 283 g/mol. The van der Waals surface area contributed by atoms with Gasteiger partial charge in [-0.25, -0.2) is 9.59 Å². The Morgan fingerprint density at radius 1 is 1.50 bits per heavy atom. The Labute approximate surface area is 115 Å². The number of carbonyl (C=O) groups excluding carboxylic acids is 3. The van der Waals surface area contributed by atoms with Crippen molar-refractivity contribution in [2.75, 3.05) is 19.4 Å². The van der Waals surface area contributed by atoms with E-state index >= 15 is 0 Å². The van der Waals surface area contributed by atoms with Crippen LogP contribution in [0.25, 0.3) is 0 Å². The molecule has 1 unspecified atom stereocenters. The van der Waals surface area contributed by atoms with Gasteiger partial charge in [-0.2, -0.15) is 5.10 Å². The fourth-order valence-corrected chi connectivity index (χ4v) is 1.40. The first-order valence-electron chi connectivity index (χ1n) is 5.92. The van der Waals surface area contributed by atoms with Crippen LogP contribution in [0.4, 0.5) is 10.5 Å². The lowest BCUT2D eigenvalue weighted by molar-refractivity contribution is -0.123. The smallest absolute Gasteiger partial charge is 0.360 e. The van der Waals surface area contributed by atoms with Crippen molar-refractivity contribution in [2.24, 2.45) is 0 Å². The van der Waals surface area contributed by atoms with Crippen molar-refractivity contribution in [3.8, 4) is 0 Å². The van der Waals surface area contributed by atoms with Gasteiger partial charge in [0.1, 0.15) is 6.04 Å². The molecule has 0 aliphatic heterocycles. The van der Waals surface area contributed by atoms with Crippen LogP contribution in [0.3, 0.4) is 0 Å². The predicted molar refractivity (Wildman–Crippen MR) is 69.9 cm³/mol. The predicted octanol–water partition coefficient (Wildman–Crippen LogP) is -0.341. The molecule has 0 radical (unpaired) electrons. The first kappa shape index (κ1) is 15.5. The Morgan fingerprint density at radius 2 is 2.15 bits per heavy atom. The summed E-state index contributed by atoms with van der Waals surface area (Å²) < 4.78 is 5.70. The zero-order valence-corrected chi connectivity index (χ0v) is 11.5. The van der Waals surface area contributed by atoms with Crippen molar-refractivity contribution in [2.45, 2.75) is 19.9 Å². The molecule has 1 rings (SSSR count). The van der Waals surface area contributed by atoms with Crippen LogP contribution in [0.2, 0.25) is 0 Å². The molecule has 1 atom stereocenters. The molecule has 4 N–H and O–H groups in total. The van der Waals surface area contributed by atoms with Crippen LogP contribution in [0, 0.1) is 0 Å². The Bertz CT molecular complexity index is 525. The number of rotatable bonds is 4. The first-order chi connectivity index (χ1) is 9.40. The van der Waals surface area contributed by atoms with Gasteiger partial charge in [0, 0.05) is 12.7 Å². The highest BCUT2D eigenvalue weighted by molar-refractivity contribution is 5.96. The number of nitrogens with two attached hydrogens (primary N) is 1. The molecule has 110 valence electrons. The summed E-state index contributed by atoms with van der Waals surface area (Å²) in [5.41, 5.74) is 5.62. The monoisotopic (exact) mass is 283 g/mol. The van der Waals surface area contributed by atoms with Crippen molar-refractivity contribution < 1.29 is 19.1 Å². The van der Waals surface area contributed by atoms with Gasteiger partial charge >= 0.3 is 12.0 Å². The molecule has 0 saturated carbocycles. The molecule has 0 aromatic carbocycles. The van der Waals surface area contributed by atoms with Gasteiger partial charge in [0.15, 0.2) is 5.69 Å². The summed E-state index contributed by atoms with van der Waals surface area (Å²) in [5, 5.41) is 8.45. The van der Waals surface area contributed by atoms with E-state index in [1.54, 1.807) is 6.92 Å². The topological polar surface area (TPSA) is 128 Å². The molecule has 0 aliphatic rings. The summed E-state index contributed by atoms with van der Waals surface area (Å²) in [7, 11) is 1.20. The third-order valence-corrected chi connectivity index (χ3v) is 2.49. The number of esters is 1. The number of imide groups is 1. The second-order valence-electron chi connectivity index (χ2n) is 3.93. The maximum absolute atomic E-state index is 11.8. The third kappa shape index (κ3) is 3.46. The molecule has 0 aliphatic carbocycles. The zero-order chi connectivity index (χ0) is 15.3. The van der Waals surface area contributed by atoms with Gasteiger partial charge in [0.05, 0.1) is 12.8 Å². The molecule has 0 bridgehead atoms. The van der Waals surface area contributed by atoms with E-state index in [0.29, 0.717) is 6.54 Å². The van der Waals surface area contributed by atoms with E-state index in [-0.39, 0.29) is 11.4 Å². The van der Waals surface area contributed by atoms with Gasteiger partial charge in [-0.05, 0) is 13.8 Å². The van der Waals surface area contributed by atoms with E-state index in [1.807, 2.05) is 0 Å². The van der Waals surface area contributed by atoms with E-state index in [1.165, 1.54) is 24.9 Å². The number of carbonyl (C=O) groups is 3. The first-order valence-corrected chi connectivity index (χ1v) is 5.92. The number of nitrogen functional groups attached to an aromatic ring is 1. The largest absolute Gasteiger partial charge is 0.464 e. The minimum absolute atomic E-state index is 0.0786. The van der Waals surface area contributed by atoms with Crippen LogP contribution >= 0.6 is 0 Å². The van der Waals surface area contributed by atoms with Gasteiger partial charge in [-0.3, -0.25) is 14.8 Å². The molecule has 1 aromatic heterocycles. The molecule has 3 amide bonds. The summed E-state index contributed by atoms with van der Waals surface area (Å²) in [6, 6.07) is -1.41. The van der Waals surface area contributed by atoms with E-state index in [2.05, 4.69) is 20.5 Å². The van der Waals surface area contributed by atoms with E-state index in [4.69, 9.17) is 5.73 Å². The fourth-order valence-electron chi connectivity index (χ4n) is 1.40. The quantitative estimate of drug-likeness (QED) is 0.648. The van der Waals surface area contributed by atoms with Crippen molar-refractivity contribution in [1.82, 2.24) is 20.4 Å². The van der Waals surface area contributed by atoms with Crippen molar-refractivity contribution in [3.05, 3.63) is 11.9 Å². The van der Waals surface area contributed by atoms with E-state index in [9.17, 15) is 14.4 Å². The molecule has 9 nitrogen and oxygen atoms in total. The summed E-state index contributed by atoms with van der Waals surface area (Å²) >= 11 is 0. The third-order valence-electron chi connectivity index (χ3n) is 2.49. The molecule has 0 fully saturated rings. The number of urea groups is 1. The number of hydrogen-bond donors (Lipinski definition) is 3. The second-order valence-corrected chi connectivity index (χ2v) is 3.93. The number of nitrogens with zero attached hydrogens (tertiary/aromatic N) is 2. The van der Waals surface area contributed by atoms with Gasteiger partial charge in [-0.15, -0.1) is 0 Å². The summed E-state index contributed by atoms with van der Waals surface area (Å²) in [6.07, 6.45) is 1.33. The molecular formula is C11H17N5O4. The highest BCUT2D eigenvalue weighted by atomic mass is 16.5. The molecular weight excluding hydrogens is 266 g/mol. The molecule has 1 aromatic rings. The summed E-state index contributed by atoms with van der Waals surface area (Å²) in [6.45, 7) is 3.64. The number of methoxy groups -OCH3 is 1. The lowest BCUT2D eigenvalue weighted by atomic mass is 10.3. The number of ether oxygens (including phenoxy) is 1. The Hall–Kier alpha value is -2.58. The second kappa shape index (κ2) is 6.55. The van der Waals surface area contributed by atoms with E-state index < -0.39 is 23.9 Å². The summed E-state index contributed by atoms with van der Waals surface area (Å²) in [4.78, 5) is 34.4. The highest BCUT2D eigenvalue weighted by Gasteiger charge is 2.22. The average Bonchev–Trinajstić information content (AvgIpc) is 2.79. The summed E-state index contributed by atoms with van der Waals surface area (Å²) in [5.74, 6) is -1.27. The lowest BCUT2D eigenvalue weighted by Crippen LogP contribution is -2.42. The number of nitrogens with one attached hydrogen (secondary N) is 2. The maximum atomic E-state index is 11.8. The van der Waals surface area contributed by atoms with Crippen LogP contribution in [-0.4, -0.2) is 41.3 Å². The SMILES string of the molecule is CCNC(=O)NC(=O)C(C)n1cc(N)c(C(=O)OC)n1. The molecule has 20 heavy (non-hydrogen) atoms. The van der Waals surface area contributed by atoms with Gasteiger partial charge in [0.25, 0.3) is 5.91 Å². The standard InChI is InChI=1S/C11H17N5O4/c1-4-13-11(19)14-9(17)6(2)16-5-7(12)8(15-16)10(18)20-3/h5-6H,4,12H2,1-3H3,(H2,13,14,17,19). The Kier molecular flexibility index (Phi) is 5.07. The van der Waals surface area contributed by atoms with Crippen molar-refractivity contribution in [3.63, 3.8) is 0 Å². The van der Waals surface area contributed by atoms with Crippen LogP contribution < -0.4 is 16.4 Å². The van der Waals surface area contributed by atoms with Crippen molar-refractivity contribution in [1.29, 1.82) is 0 Å². The lowest BCUT2D eigenvalue weighted by Gasteiger charge is -2.11. The zero-order valence-electron chi connectivity index (χ0n) is 11.5. The van der Waals surface area contributed by atoms with Crippen LogP contribution in [-0.2, 0) is 9.53 Å².